The first-order valence-corrected chi connectivity index (χ1v) is 7.43. The van der Waals surface area contributed by atoms with Gasteiger partial charge in [0.2, 0.25) is 0 Å². The predicted molar refractivity (Wildman–Crippen MR) is 84.2 cm³/mol. The average molecular weight is 275 g/mol. The standard InChI is InChI=1S/C19H17NO/c21-19(18-9-8-13-4-1-2-6-15(13)18)17-7-3-5-14-12-20-11-10-16(14)17/h1-7,10-12,18-19,21H,8-9H2. The van der Waals surface area contributed by atoms with Crippen LogP contribution in [0.25, 0.3) is 10.8 Å². The Balaban J connectivity index is 1.80. The van der Waals surface area contributed by atoms with E-state index in [1.165, 1.54) is 11.1 Å². The summed E-state index contributed by atoms with van der Waals surface area (Å²) in [4.78, 5) is 4.17. The predicted octanol–water partition coefficient (Wildman–Crippen LogP) is 4.00. The van der Waals surface area contributed by atoms with Crippen molar-refractivity contribution in [2.24, 2.45) is 0 Å². The highest BCUT2D eigenvalue weighted by atomic mass is 16.3. The lowest BCUT2D eigenvalue weighted by Gasteiger charge is -2.21. The van der Waals surface area contributed by atoms with E-state index in [0.29, 0.717) is 0 Å². The fraction of sp³-hybridized carbons (Fsp3) is 0.211. The minimum absolute atomic E-state index is 0.194. The Hall–Kier alpha value is -2.19. The van der Waals surface area contributed by atoms with E-state index in [2.05, 4.69) is 29.2 Å². The van der Waals surface area contributed by atoms with Crippen molar-refractivity contribution in [3.8, 4) is 0 Å². The molecule has 1 heterocycles. The molecule has 2 aromatic carbocycles. The molecule has 1 aliphatic rings. The molecular formula is C19H17NO. The lowest BCUT2D eigenvalue weighted by atomic mass is 9.88. The second kappa shape index (κ2) is 4.97. The van der Waals surface area contributed by atoms with Crippen molar-refractivity contribution < 1.29 is 5.11 Å². The third-order valence-electron chi connectivity index (χ3n) is 4.59. The summed E-state index contributed by atoms with van der Waals surface area (Å²) < 4.78 is 0. The SMILES string of the molecule is OC(c1cccc2cnccc12)C1CCc2ccccc21. The fourth-order valence-corrected chi connectivity index (χ4v) is 3.54. The highest BCUT2D eigenvalue weighted by Gasteiger charge is 2.29. The van der Waals surface area contributed by atoms with Crippen LogP contribution in [0.15, 0.2) is 60.9 Å². The van der Waals surface area contributed by atoms with Gasteiger partial charge in [-0.25, -0.2) is 0 Å². The van der Waals surface area contributed by atoms with Crippen LogP contribution >= 0.6 is 0 Å². The Bertz CT molecular complexity index is 791. The Morgan fingerprint density at radius 3 is 2.90 bits per heavy atom. The Kier molecular flexibility index (Phi) is 2.97. The molecule has 3 aromatic rings. The van der Waals surface area contributed by atoms with Crippen LogP contribution in [-0.4, -0.2) is 10.1 Å². The minimum Gasteiger partial charge on any atom is -0.388 e. The van der Waals surface area contributed by atoms with E-state index >= 15 is 0 Å². The topological polar surface area (TPSA) is 33.1 Å². The summed E-state index contributed by atoms with van der Waals surface area (Å²) in [5.41, 5.74) is 3.69. The molecule has 2 heteroatoms. The van der Waals surface area contributed by atoms with Crippen molar-refractivity contribution in [3.05, 3.63) is 77.6 Å². The molecule has 0 saturated carbocycles. The Morgan fingerprint density at radius 2 is 1.95 bits per heavy atom. The zero-order valence-corrected chi connectivity index (χ0v) is 11.7. The number of benzene rings is 2. The highest BCUT2D eigenvalue weighted by molar-refractivity contribution is 5.85. The lowest BCUT2D eigenvalue weighted by Crippen LogP contribution is -2.08. The van der Waals surface area contributed by atoms with E-state index in [-0.39, 0.29) is 5.92 Å². The zero-order valence-electron chi connectivity index (χ0n) is 11.7. The first kappa shape index (κ1) is 12.5. The minimum atomic E-state index is -0.459. The number of aliphatic hydroxyl groups is 1. The van der Waals surface area contributed by atoms with Crippen molar-refractivity contribution in [1.29, 1.82) is 0 Å². The maximum Gasteiger partial charge on any atom is 0.0864 e. The summed E-state index contributed by atoms with van der Waals surface area (Å²) in [5, 5.41) is 13.1. The van der Waals surface area contributed by atoms with Crippen molar-refractivity contribution in [3.63, 3.8) is 0 Å². The van der Waals surface area contributed by atoms with Gasteiger partial charge in [0.25, 0.3) is 0 Å². The smallest absolute Gasteiger partial charge is 0.0864 e. The second-order valence-corrected chi connectivity index (χ2v) is 5.73. The largest absolute Gasteiger partial charge is 0.388 e. The van der Waals surface area contributed by atoms with Gasteiger partial charge in [-0.2, -0.15) is 0 Å². The second-order valence-electron chi connectivity index (χ2n) is 5.73. The molecule has 4 rings (SSSR count). The van der Waals surface area contributed by atoms with Crippen molar-refractivity contribution in [2.75, 3.05) is 0 Å². The molecule has 0 amide bonds. The monoisotopic (exact) mass is 275 g/mol. The summed E-state index contributed by atoms with van der Waals surface area (Å²) in [6.07, 6.45) is 5.27. The lowest BCUT2D eigenvalue weighted by molar-refractivity contribution is 0.146. The van der Waals surface area contributed by atoms with Gasteiger partial charge in [0.05, 0.1) is 6.10 Å². The third kappa shape index (κ3) is 2.03. The molecular weight excluding hydrogens is 258 g/mol. The number of aromatic nitrogens is 1. The van der Waals surface area contributed by atoms with E-state index in [0.717, 1.165) is 29.2 Å². The van der Waals surface area contributed by atoms with Crippen LogP contribution in [0.3, 0.4) is 0 Å². The van der Waals surface area contributed by atoms with Gasteiger partial charge < -0.3 is 5.11 Å². The number of hydrogen-bond donors (Lipinski definition) is 1. The Morgan fingerprint density at radius 1 is 1.05 bits per heavy atom. The number of nitrogens with zero attached hydrogens (tertiary/aromatic N) is 1. The molecule has 0 saturated heterocycles. The summed E-state index contributed by atoms with van der Waals surface area (Å²) in [5.74, 6) is 0.194. The summed E-state index contributed by atoms with van der Waals surface area (Å²) in [6.45, 7) is 0. The summed E-state index contributed by atoms with van der Waals surface area (Å²) in [7, 11) is 0. The highest BCUT2D eigenvalue weighted by Crippen LogP contribution is 2.42. The molecule has 0 spiro atoms. The van der Waals surface area contributed by atoms with Crippen molar-refractivity contribution in [1.82, 2.24) is 4.98 Å². The van der Waals surface area contributed by atoms with Crippen LogP contribution in [0.2, 0.25) is 0 Å². The first-order valence-electron chi connectivity index (χ1n) is 7.43. The Labute approximate surface area is 124 Å². The molecule has 0 radical (unpaired) electrons. The molecule has 0 bridgehead atoms. The molecule has 21 heavy (non-hydrogen) atoms. The number of hydrogen-bond acceptors (Lipinski definition) is 2. The molecule has 0 fully saturated rings. The van der Waals surface area contributed by atoms with Gasteiger partial charge in [0.15, 0.2) is 0 Å². The van der Waals surface area contributed by atoms with Crippen LogP contribution in [0.4, 0.5) is 0 Å². The molecule has 1 N–H and O–H groups in total. The van der Waals surface area contributed by atoms with E-state index in [1.807, 2.05) is 30.5 Å². The average Bonchev–Trinajstić information content (AvgIpc) is 2.98. The number of rotatable bonds is 2. The van der Waals surface area contributed by atoms with Crippen LogP contribution in [0.5, 0.6) is 0 Å². The van der Waals surface area contributed by atoms with Gasteiger partial charge in [-0.1, -0.05) is 42.5 Å². The van der Waals surface area contributed by atoms with Crippen molar-refractivity contribution >= 4 is 10.8 Å². The number of pyridine rings is 1. The molecule has 104 valence electrons. The van der Waals surface area contributed by atoms with Gasteiger partial charge in [0, 0.05) is 23.7 Å². The summed E-state index contributed by atoms with van der Waals surface area (Å²) >= 11 is 0. The molecule has 2 nitrogen and oxygen atoms in total. The zero-order chi connectivity index (χ0) is 14.2. The quantitative estimate of drug-likeness (QED) is 0.767. The number of aliphatic hydroxyl groups excluding tert-OH is 1. The van der Waals surface area contributed by atoms with Crippen LogP contribution in [0.1, 0.15) is 35.1 Å². The number of aryl methyl sites for hydroxylation is 1. The van der Waals surface area contributed by atoms with Crippen LogP contribution < -0.4 is 0 Å². The first-order chi connectivity index (χ1) is 10.3. The normalized spacial score (nSPS) is 18.6. The van der Waals surface area contributed by atoms with Gasteiger partial charge in [-0.15, -0.1) is 0 Å². The number of fused-ring (bicyclic) bond motifs is 2. The molecule has 2 atom stereocenters. The fourth-order valence-electron chi connectivity index (χ4n) is 3.54. The maximum atomic E-state index is 10.9. The molecule has 2 unspecified atom stereocenters. The van der Waals surface area contributed by atoms with Crippen LogP contribution in [-0.2, 0) is 6.42 Å². The molecule has 0 aliphatic heterocycles. The van der Waals surface area contributed by atoms with Gasteiger partial charge in [0.1, 0.15) is 0 Å². The van der Waals surface area contributed by atoms with E-state index in [1.54, 1.807) is 6.20 Å². The van der Waals surface area contributed by atoms with E-state index in [9.17, 15) is 5.11 Å². The third-order valence-corrected chi connectivity index (χ3v) is 4.59. The molecule has 1 aromatic heterocycles. The maximum absolute atomic E-state index is 10.9. The van der Waals surface area contributed by atoms with Crippen molar-refractivity contribution in [2.45, 2.75) is 24.9 Å². The van der Waals surface area contributed by atoms with E-state index in [4.69, 9.17) is 0 Å². The van der Waals surface area contributed by atoms with Gasteiger partial charge in [-0.05, 0) is 41.0 Å². The van der Waals surface area contributed by atoms with Crippen LogP contribution in [0, 0.1) is 0 Å². The van der Waals surface area contributed by atoms with Gasteiger partial charge >= 0.3 is 0 Å². The van der Waals surface area contributed by atoms with E-state index < -0.39 is 6.10 Å². The summed E-state index contributed by atoms with van der Waals surface area (Å²) in [6, 6.07) is 16.6. The van der Waals surface area contributed by atoms with Gasteiger partial charge in [-0.3, -0.25) is 4.98 Å². The molecule has 1 aliphatic carbocycles.